The number of aryl methyl sites for hydroxylation is 1. The molecule has 0 aliphatic heterocycles. The molecule has 91 heavy (non-hydrogen) atoms. The number of anilines is 3. The van der Waals surface area contributed by atoms with Crippen molar-refractivity contribution in [2.24, 2.45) is 0 Å². The molecule has 8 aromatic rings. The first kappa shape index (κ1) is 75.4. The van der Waals surface area contributed by atoms with Crippen molar-refractivity contribution in [1.29, 1.82) is 0 Å². The number of rotatable bonds is 22. The summed E-state index contributed by atoms with van der Waals surface area (Å²) in [5, 5.41) is 6.24. The Hall–Kier alpha value is -9.86. The molecule has 26 nitrogen and oxygen atoms in total. The van der Waals surface area contributed by atoms with Gasteiger partial charge < -0.3 is 52.8 Å². The van der Waals surface area contributed by atoms with Crippen molar-refractivity contribution < 1.29 is 82.1 Å². The third-order valence-electron chi connectivity index (χ3n) is 12.2. The van der Waals surface area contributed by atoms with Gasteiger partial charge in [0.2, 0.25) is 17.9 Å². The molecule has 475 valence electrons. The molecule has 3 radical (unpaired) electrons. The summed E-state index contributed by atoms with van der Waals surface area (Å²) in [6.07, 6.45) is 4.59. The van der Waals surface area contributed by atoms with E-state index in [1.54, 1.807) is 83.0 Å². The van der Waals surface area contributed by atoms with E-state index in [1.165, 1.54) is 16.1 Å². The third kappa shape index (κ3) is 26.4. The number of methoxy groups -OCH3 is 4. The van der Waals surface area contributed by atoms with E-state index in [0.717, 1.165) is 87.9 Å². The third-order valence-corrected chi connectivity index (χ3v) is 12.2. The van der Waals surface area contributed by atoms with E-state index < -0.39 is 40.7 Å². The second-order valence-corrected chi connectivity index (χ2v) is 19.1. The summed E-state index contributed by atoms with van der Waals surface area (Å²) in [6.45, 7) is 8.65. The zero-order valence-corrected chi connectivity index (χ0v) is 54.7. The van der Waals surface area contributed by atoms with Gasteiger partial charge in [0.05, 0.1) is 79.1 Å². The van der Waals surface area contributed by atoms with Gasteiger partial charge in [-0.1, -0.05) is 80.9 Å². The van der Waals surface area contributed by atoms with Gasteiger partial charge in [-0.05, 0) is 108 Å². The Morgan fingerprint density at radius 2 is 0.813 bits per heavy atom. The van der Waals surface area contributed by atoms with Crippen LogP contribution in [0.5, 0.6) is 23.0 Å². The molecule has 4 N–H and O–H groups in total. The summed E-state index contributed by atoms with van der Waals surface area (Å²) in [6, 6.07) is 40.3. The van der Waals surface area contributed by atoms with Crippen molar-refractivity contribution in [2.75, 3.05) is 44.8 Å². The molecule has 8 rings (SSSR count). The van der Waals surface area contributed by atoms with Crippen LogP contribution in [0.2, 0.25) is 0 Å². The summed E-state index contributed by atoms with van der Waals surface area (Å²) in [7, 11) is 10.7. The standard InChI is InChI=1S/C29H33N5O4.C25H26N6O4.C4H6O4.C3H6O.C2H3BO2.Na/c1-4-5-7-23-8-6-9-24(31-23)18-30-27-32-28(35)34(20-22-12-16-26(38-3)17-13-22)29(36)33(27)19-21-10-14-25(37-2)15-11-21;1-34-20-10-6-17(7-11-20)15-30-23(27-14-19-4-3-5-22(26)28-19)29-24(32)31(25(30)33)16-18-8-12-21(35-2)13-9-18;1-3(5)7-8-4(2)6;1-2-3-4;1-2(4)5-3;/h6,8-17H,4-5,7,18-20H2,1-3H3,(H,30,32,35);3-13H,14-16H2,1-2H3,(H2,26,28)(H,27,29,32);1-2H3;3H,2H2,1H3;1H3;/q;;;;-1;+1. The Labute approximate surface area is 549 Å². The maximum atomic E-state index is 13.6. The van der Waals surface area contributed by atoms with Crippen LogP contribution in [0.3, 0.4) is 0 Å². The van der Waals surface area contributed by atoms with Gasteiger partial charge in [-0.2, -0.15) is 9.97 Å². The summed E-state index contributed by atoms with van der Waals surface area (Å²) in [4.78, 5) is 116. The van der Waals surface area contributed by atoms with Crippen LogP contribution in [0, 0.1) is 0 Å². The van der Waals surface area contributed by atoms with Gasteiger partial charge in [0.25, 0.3) is 0 Å². The molecule has 4 aromatic heterocycles. The summed E-state index contributed by atoms with van der Waals surface area (Å²) in [5.74, 6) is 1.78. The van der Waals surface area contributed by atoms with Crippen LogP contribution in [0.25, 0.3) is 0 Å². The van der Waals surface area contributed by atoms with E-state index >= 15 is 0 Å². The number of aldehydes is 1. The van der Waals surface area contributed by atoms with Crippen LogP contribution in [-0.2, 0) is 79.3 Å². The van der Waals surface area contributed by atoms with Gasteiger partial charge in [-0.25, -0.2) is 52.7 Å². The average molecular weight is 1260 g/mol. The van der Waals surface area contributed by atoms with Crippen LogP contribution >= 0.6 is 0 Å². The Balaban J connectivity index is 0.000000376. The largest absolute Gasteiger partial charge is 1.00 e. The van der Waals surface area contributed by atoms with Crippen molar-refractivity contribution >= 4 is 50.0 Å². The van der Waals surface area contributed by atoms with Crippen molar-refractivity contribution in [1.82, 2.24) is 38.2 Å². The van der Waals surface area contributed by atoms with E-state index in [2.05, 4.69) is 55.0 Å². The first-order valence-electron chi connectivity index (χ1n) is 28.0. The average Bonchev–Trinajstić information content (AvgIpc) is 1.02. The quantitative estimate of drug-likeness (QED) is 0.0379. The zero-order chi connectivity index (χ0) is 66.0. The molecule has 0 saturated carbocycles. The van der Waals surface area contributed by atoms with E-state index in [9.17, 15) is 38.4 Å². The number of hydrogen-bond acceptors (Lipinski definition) is 22. The van der Waals surface area contributed by atoms with Gasteiger partial charge in [0, 0.05) is 32.9 Å². The number of nitrogen functional groups attached to an aromatic ring is 1. The van der Waals surface area contributed by atoms with E-state index in [4.69, 9.17) is 29.7 Å². The summed E-state index contributed by atoms with van der Waals surface area (Å²) in [5.41, 5.74) is 9.30. The first-order chi connectivity index (χ1) is 43.3. The number of ether oxygens (including phenoxy) is 4. The van der Waals surface area contributed by atoms with E-state index in [-0.39, 0.29) is 74.2 Å². The molecule has 0 aliphatic rings. The van der Waals surface area contributed by atoms with E-state index in [1.807, 2.05) is 85.8 Å². The molecule has 0 aliphatic carbocycles. The molecule has 0 amide bonds. The van der Waals surface area contributed by atoms with Gasteiger partial charge in [0.15, 0.2) is 0 Å². The van der Waals surface area contributed by atoms with Crippen LogP contribution < -0.4 is 87.6 Å². The van der Waals surface area contributed by atoms with Gasteiger partial charge in [-0.3, -0.25) is 18.9 Å². The van der Waals surface area contributed by atoms with Crippen molar-refractivity contribution in [3.8, 4) is 23.0 Å². The predicted octanol–water partition coefficient (Wildman–Crippen LogP) is 3.24. The number of hydrogen-bond donors (Lipinski definition) is 3. The fraction of sp³-hybridized carbons (Fsp3) is 0.302. The molecule has 4 heterocycles. The van der Waals surface area contributed by atoms with Crippen molar-refractivity contribution in [2.45, 2.75) is 99.6 Å². The number of carbonyl (C=O) groups is 4. The van der Waals surface area contributed by atoms with Crippen LogP contribution in [0.15, 0.2) is 153 Å². The molecule has 0 bridgehead atoms. The molecule has 28 heteroatoms. The number of nitrogens with zero attached hydrogens (tertiary/aromatic N) is 8. The second kappa shape index (κ2) is 40.6. The van der Waals surface area contributed by atoms with Crippen LogP contribution in [0.4, 0.5) is 17.7 Å². The minimum Gasteiger partial charge on any atom is -0.793 e. The van der Waals surface area contributed by atoms with Crippen LogP contribution in [-0.4, -0.2) is 98.9 Å². The van der Waals surface area contributed by atoms with Crippen LogP contribution in [0.1, 0.15) is 93.2 Å². The minimum atomic E-state index is -0.653. The molecule has 4 aromatic carbocycles. The minimum absolute atomic E-state index is 0. The Morgan fingerprint density at radius 3 is 1.11 bits per heavy atom. The first-order valence-corrected chi connectivity index (χ1v) is 28.0. The van der Waals surface area contributed by atoms with E-state index in [0.29, 0.717) is 41.7 Å². The Bertz CT molecular complexity index is 3800. The molecule has 0 fully saturated rings. The number of aromatic nitrogens is 8. The van der Waals surface area contributed by atoms with Crippen molar-refractivity contribution in [3.63, 3.8) is 0 Å². The molecule has 0 saturated heterocycles. The van der Waals surface area contributed by atoms with Crippen molar-refractivity contribution in [3.05, 3.63) is 215 Å². The number of nitrogens with two attached hydrogens (primary N) is 1. The topological polar surface area (TPSA) is 323 Å². The Morgan fingerprint density at radius 1 is 0.495 bits per heavy atom. The fourth-order valence-electron chi connectivity index (χ4n) is 7.72. The number of unbranched alkanes of at least 4 members (excludes halogenated alkanes) is 1. The molecule has 0 unspecified atom stereocenters. The number of carbonyl (C=O) groups excluding carboxylic acids is 4. The fourth-order valence-corrected chi connectivity index (χ4v) is 7.72. The van der Waals surface area contributed by atoms with Gasteiger partial charge >= 0.3 is 64.3 Å². The zero-order valence-electron chi connectivity index (χ0n) is 52.7. The SMILES string of the molecule is CC(=O)OOC(C)=O.CCC=O.CCCCc1cccc(CNc2nc(=O)n(Cc3ccc(OC)cc3)c(=O)n2Cc2ccc(OC)cc2)n1.COc1ccc(Cn2c(NCc3cccc(N)n3)nc(=O)n(Cc3ccc(OC)cc3)c2=O)cc1.[B-]OC(C)=O.[Na+]. The predicted molar refractivity (Wildman–Crippen MR) is 337 cm³/mol. The molecule has 0 spiro atoms. The number of pyridine rings is 2. The molecule has 0 atom stereocenters. The molecular formula is C63H74BN11NaO15. The monoisotopic (exact) mass is 1260 g/mol. The molecular weight excluding hydrogens is 1180 g/mol. The maximum Gasteiger partial charge on any atom is 1.00 e. The normalized spacial score (nSPS) is 9.96. The Kier molecular flexibility index (Phi) is 33.7. The smallest absolute Gasteiger partial charge is 0.793 e. The summed E-state index contributed by atoms with van der Waals surface area (Å²) < 4.78 is 29.6. The maximum absolute atomic E-state index is 13.6. The van der Waals surface area contributed by atoms with Gasteiger partial charge in [-0.15, -0.1) is 0 Å². The number of benzene rings is 4. The number of nitrogens with one attached hydrogen (secondary N) is 2. The second-order valence-electron chi connectivity index (χ2n) is 19.1. The van der Waals surface area contributed by atoms with Gasteiger partial charge in [0.1, 0.15) is 35.1 Å². The summed E-state index contributed by atoms with van der Waals surface area (Å²) >= 11 is 0.